The average molecular weight is 330 g/mol. The van der Waals surface area contributed by atoms with Gasteiger partial charge >= 0.3 is 0 Å². The van der Waals surface area contributed by atoms with Crippen molar-refractivity contribution in [1.82, 2.24) is 15.1 Å². The van der Waals surface area contributed by atoms with Gasteiger partial charge in [0.25, 0.3) is 0 Å². The molecule has 0 spiro atoms. The minimum absolute atomic E-state index is 0.0513. The first kappa shape index (κ1) is 14.1. The Labute approximate surface area is 118 Å². The molecular weight excluding hydrogens is 316 g/mol. The second-order valence-corrected chi connectivity index (χ2v) is 5.08. The van der Waals surface area contributed by atoms with Crippen LogP contribution in [0.5, 0.6) is 0 Å². The lowest BCUT2D eigenvalue weighted by molar-refractivity contribution is 0.532. The van der Waals surface area contributed by atoms with E-state index in [0.29, 0.717) is 6.54 Å². The number of hydrogen-bond donors (Lipinski definition) is 1. The quantitative estimate of drug-likeness (QED) is 0.675. The van der Waals surface area contributed by atoms with Gasteiger partial charge in [-0.15, -0.1) is 0 Å². The van der Waals surface area contributed by atoms with E-state index >= 15 is 0 Å². The Morgan fingerprint density at radius 3 is 2.79 bits per heavy atom. The van der Waals surface area contributed by atoms with Crippen molar-refractivity contribution in [3.63, 3.8) is 0 Å². The highest BCUT2D eigenvalue weighted by molar-refractivity contribution is 9.10. The zero-order valence-corrected chi connectivity index (χ0v) is 12.0. The van der Waals surface area contributed by atoms with Crippen LogP contribution >= 0.6 is 15.9 Å². The van der Waals surface area contributed by atoms with Gasteiger partial charge < -0.3 is 5.32 Å². The number of halogens is 3. The van der Waals surface area contributed by atoms with Crippen molar-refractivity contribution in [1.29, 1.82) is 0 Å². The second kappa shape index (κ2) is 6.25. The SMILES string of the molecule is Cn1ccc(CCNCc2c(F)ccc(Br)c2F)n1. The number of aryl methyl sites for hydroxylation is 1. The summed E-state index contributed by atoms with van der Waals surface area (Å²) in [4.78, 5) is 0. The Morgan fingerprint density at radius 2 is 2.11 bits per heavy atom. The van der Waals surface area contributed by atoms with Gasteiger partial charge in [-0.25, -0.2) is 8.78 Å². The predicted molar refractivity (Wildman–Crippen MR) is 72.7 cm³/mol. The first-order valence-electron chi connectivity index (χ1n) is 5.89. The topological polar surface area (TPSA) is 29.9 Å². The molecular formula is C13H14BrF2N3. The van der Waals surface area contributed by atoms with Crippen LogP contribution in [0.25, 0.3) is 0 Å². The van der Waals surface area contributed by atoms with Crippen LogP contribution in [0.3, 0.4) is 0 Å². The van der Waals surface area contributed by atoms with Crippen molar-refractivity contribution in [2.24, 2.45) is 7.05 Å². The van der Waals surface area contributed by atoms with Crippen LogP contribution in [0, 0.1) is 11.6 Å². The van der Waals surface area contributed by atoms with E-state index in [2.05, 4.69) is 26.3 Å². The van der Waals surface area contributed by atoms with E-state index in [1.807, 2.05) is 19.3 Å². The van der Waals surface area contributed by atoms with E-state index < -0.39 is 11.6 Å². The Balaban J connectivity index is 1.88. The normalized spacial score (nSPS) is 10.9. The van der Waals surface area contributed by atoms with E-state index in [9.17, 15) is 8.78 Å². The molecule has 0 saturated heterocycles. The highest BCUT2D eigenvalue weighted by Crippen LogP contribution is 2.21. The van der Waals surface area contributed by atoms with Gasteiger partial charge in [0.1, 0.15) is 11.6 Å². The van der Waals surface area contributed by atoms with Crippen molar-refractivity contribution in [2.75, 3.05) is 6.54 Å². The maximum Gasteiger partial charge on any atom is 0.144 e. The summed E-state index contributed by atoms with van der Waals surface area (Å²) in [6.07, 6.45) is 2.58. The van der Waals surface area contributed by atoms with Gasteiger partial charge in [0.15, 0.2) is 0 Å². The molecule has 0 bridgehead atoms. The molecule has 6 heteroatoms. The summed E-state index contributed by atoms with van der Waals surface area (Å²) >= 11 is 3.05. The smallest absolute Gasteiger partial charge is 0.144 e. The predicted octanol–water partition coefficient (Wildman–Crippen LogP) is 2.79. The highest BCUT2D eigenvalue weighted by atomic mass is 79.9. The summed E-state index contributed by atoms with van der Waals surface area (Å²) in [6.45, 7) is 0.770. The van der Waals surface area contributed by atoms with Gasteiger partial charge in [-0.2, -0.15) is 5.10 Å². The number of rotatable bonds is 5. The summed E-state index contributed by atoms with van der Waals surface area (Å²) < 4.78 is 29.1. The lowest BCUT2D eigenvalue weighted by Crippen LogP contribution is -2.18. The Morgan fingerprint density at radius 1 is 1.32 bits per heavy atom. The van der Waals surface area contributed by atoms with E-state index in [1.54, 1.807) is 4.68 Å². The maximum atomic E-state index is 13.7. The van der Waals surface area contributed by atoms with Gasteiger partial charge in [0, 0.05) is 38.3 Å². The lowest BCUT2D eigenvalue weighted by Gasteiger charge is -2.07. The van der Waals surface area contributed by atoms with E-state index in [-0.39, 0.29) is 16.6 Å². The van der Waals surface area contributed by atoms with Crippen LogP contribution in [-0.2, 0) is 20.0 Å². The average Bonchev–Trinajstić information content (AvgIpc) is 2.79. The maximum absolute atomic E-state index is 13.7. The fourth-order valence-electron chi connectivity index (χ4n) is 1.76. The zero-order chi connectivity index (χ0) is 13.8. The number of hydrogen-bond acceptors (Lipinski definition) is 2. The largest absolute Gasteiger partial charge is 0.312 e. The van der Waals surface area contributed by atoms with E-state index in [0.717, 1.165) is 12.1 Å². The Bertz CT molecular complexity index is 569. The number of nitrogens with zero attached hydrogens (tertiary/aromatic N) is 2. The fourth-order valence-corrected chi connectivity index (χ4v) is 2.13. The Kier molecular flexibility index (Phi) is 4.66. The second-order valence-electron chi connectivity index (χ2n) is 4.23. The van der Waals surface area contributed by atoms with Crippen molar-refractivity contribution in [3.05, 3.63) is 51.8 Å². The van der Waals surface area contributed by atoms with Crippen LogP contribution in [0.1, 0.15) is 11.3 Å². The molecule has 102 valence electrons. The first-order chi connectivity index (χ1) is 9.08. The molecule has 2 rings (SSSR count). The molecule has 1 aromatic heterocycles. The molecule has 0 unspecified atom stereocenters. The summed E-state index contributed by atoms with van der Waals surface area (Å²) in [6, 6.07) is 4.53. The summed E-state index contributed by atoms with van der Waals surface area (Å²) in [5.74, 6) is -1.09. The third kappa shape index (κ3) is 3.61. The molecule has 0 saturated carbocycles. The molecule has 0 radical (unpaired) electrons. The minimum atomic E-state index is -0.551. The molecule has 0 fully saturated rings. The zero-order valence-electron chi connectivity index (χ0n) is 10.5. The van der Waals surface area contributed by atoms with Crippen LogP contribution in [0.4, 0.5) is 8.78 Å². The molecule has 0 aliphatic carbocycles. The van der Waals surface area contributed by atoms with E-state index in [4.69, 9.17) is 0 Å². The summed E-state index contributed by atoms with van der Waals surface area (Å²) in [5, 5.41) is 7.24. The number of benzene rings is 1. The molecule has 3 nitrogen and oxygen atoms in total. The van der Waals surface area contributed by atoms with Crippen molar-refractivity contribution < 1.29 is 8.78 Å². The van der Waals surface area contributed by atoms with E-state index in [1.165, 1.54) is 12.1 Å². The van der Waals surface area contributed by atoms with Crippen LogP contribution in [0.15, 0.2) is 28.9 Å². The molecule has 0 aliphatic heterocycles. The summed E-state index contributed by atoms with van der Waals surface area (Å²) in [7, 11) is 1.85. The molecule has 0 amide bonds. The summed E-state index contributed by atoms with van der Waals surface area (Å²) in [5.41, 5.74) is 1.00. The van der Waals surface area contributed by atoms with Gasteiger partial charge in [0.2, 0.25) is 0 Å². The van der Waals surface area contributed by atoms with Gasteiger partial charge in [-0.3, -0.25) is 4.68 Å². The number of aromatic nitrogens is 2. The first-order valence-corrected chi connectivity index (χ1v) is 6.69. The Hall–Kier alpha value is -1.27. The van der Waals surface area contributed by atoms with Gasteiger partial charge in [-0.1, -0.05) is 0 Å². The number of nitrogens with one attached hydrogen (secondary N) is 1. The van der Waals surface area contributed by atoms with Crippen LogP contribution in [0.2, 0.25) is 0 Å². The van der Waals surface area contributed by atoms with Crippen LogP contribution in [-0.4, -0.2) is 16.3 Å². The van der Waals surface area contributed by atoms with Crippen molar-refractivity contribution in [3.8, 4) is 0 Å². The molecule has 1 heterocycles. The third-order valence-electron chi connectivity index (χ3n) is 2.77. The molecule has 0 atom stereocenters. The third-order valence-corrected chi connectivity index (χ3v) is 3.38. The lowest BCUT2D eigenvalue weighted by atomic mass is 10.2. The molecule has 19 heavy (non-hydrogen) atoms. The molecule has 0 aliphatic rings. The standard InChI is InChI=1S/C13H14BrF2N3/c1-19-7-5-9(18-19)4-6-17-8-10-12(15)3-2-11(14)13(10)16/h2-3,5,7,17H,4,6,8H2,1H3. The van der Waals surface area contributed by atoms with Crippen molar-refractivity contribution in [2.45, 2.75) is 13.0 Å². The minimum Gasteiger partial charge on any atom is -0.312 e. The van der Waals surface area contributed by atoms with Gasteiger partial charge in [0.05, 0.1) is 10.2 Å². The highest BCUT2D eigenvalue weighted by Gasteiger charge is 2.11. The van der Waals surface area contributed by atoms with Gasteiger partial charge in [-0.05, 0) is 34.1 Å². The molecule has 2 aromatic rings. The fraction of sp³-hybridized carbons (Fsp3) is 0.308. The monoisotopic (exact) mass is 329 g/mol. The molecule has 1 N–H and O–H groups in total. The van der Waals surface area contributed by atoms with Crippen molar-refractivity contribution >= 4 is 15.9 Å². The molecule has 1 aromatic carbocycles. The van der Waals surface area contributed by atoms with Crippen LogP contribution < -0.4 is 5.32 Å².